The number of nitrogens with one attached hydrogen (secondary N) is 3. The van der Waals surface area contributed by atoms with Gasteiger partial charge in [-0.05, 0) is 18.8 Å². The van der Waals surface area contributed by atoms with E-state index in [0.29, 0.717) is 0 Å². The summed E-state index contributed by atoms with van der Waals surface area (Å²) in [4.78, 5) is 47.1. The first-order chi connectivity index (χ1) is 11.9. The van der Waals surface area contributed by atoms with Gasteiger partial charge in [0.25, 0.3) is 0 Å². The van der Waals surface area contributed by atoms with Crippen LogP contribution >= 0.6 is 0 Å². The SMILES string of the molecule is CC(C)[C@H](N)C(=O)N[C@H](C(=O)N[C@H](C(=O)NCC(=O)O)C(C)C)[C@@H](C)O. The van der Waals surface area contributed by atoms with Crippen molar-refractivity contribution >= 4 is 23.7 Å². The molecule has 0 fully saturated rings. The molecule has 0 unspecified atom stereocenters. The van der Waals surface area contributed by atoms with Crippen LogP contribution in [0.25, 0.3) is 0 Å². The van der Waals surface area contributed by atoms with Crippen LogP contribution in [0.4, 0.5) is 0 Å². The van der Waals surface area contributed by atoms with Gasteiger partial charge in [-0.2, -0.15) is 0 Å². The number of carboxylic acids is 1. The van der Waals surface area contributed by atoms with Crippen LogP contribution in [0.3, 0.4) is 0 Å². The molecule has 0 saturated heterocycles. The van der Waals surface area contributed by atoms with Gasteiger partial charge in [-0.15, -0.1) is 0 Å². The van der Waals surface area contributed by atoms with Crippen molar-refractivity contribution in [1.82, 2.24) is 16.0 Å². The van der Waals surface area contributed by atoms with E-state index in [1.807, 2.05) is 0 Å². The lowest BCUT2D eigenvalue weighted by Gasteiger charge is -2.27. The third-order valence-corrected chi connectivity index (χ3v) is 3.74. The fraction of sp³-hybridized carbons (Fsp3) is 0.750. The summed E-state index contributed by atoms with van der Waals surface area (Å²) >= 11 is 0. The van der Waals surface area contributed by atoms with Gasteiger partial charge in [-0.3, -0.25) is 19.2 Å². The smallest absolute Gasteiger partial charge is 0.322 e. The molecule has 0 bridgehead atoms. The van der Waals surface area contributed by atoms with Crippen LogP contribution in [0.5, 0.6) is 0 Å². The zero-order valence-corrected chi connectivity index (χ0v) is 15.8. The fourth-order valence-corrected chi connectivity index (χ4v) is 2.01. The van der Waals surface area contributed by atoms with E-state index in [1.165, 1.54) is 6.92 Å². The number of rotatable bonds is 10. The molecule has 0 aromatic heterocycles. The van der Waals surface area contributed by atoms with Crippen LogP contribution in [0.2, 0.25) is 0 Å². The molecule has 0 aliphatic rings. The standard InChI is InChI=1S/C16H30N4O6/c1-7(2)11(17)14(24)20-13(9(5)21)16(26)19-12(8(3)4)15(25)18-6-10(22)23/h7-9,11-13,21H,6,17H2,1-5H3,(H,18,25)(H,19,26)(H,20,24)(H,22,23)/t9-,11+,12+,13+/m1/s1. The Hall–Kier alpha value is -2.20. The summed E-state index contributed by atoms with van der Waals surface area (Å²) in [6, 6.07) is -3.19. The average molecular weight is 374 g/mol. The number of hydrogen-bond donors (Lipinski definition) is 6. The minimum atomic E-state index is -1.30. The van der Waals surface area contributed by atoms with Crippen LogP contribution in [0.1, 0.15) is 34.6 Å². The van der Waals surface area contributed by atoms with E-state index in [1.54, 1.807) is 27.7 Å². The highest BCUT2D eigenvalue weighted by Crippen LogP contribution is 2.05. The van der Waals surface area contributed by atoms with E-state index in [4.69, 9.17) is 10.8 Å². The second kappa shape index (κ2) is 10.7. The summed E-state index contributed by atoms with van der Waals surface area (Å²) in [6.07, 6.45) is -1.23. The van der Waals surface area contributed by atoms with Crippen molar-refractivity contribution in [2.45, 2.75) is 58.8 Å². The number of carbonyl (C=O) groups is 4. The topological polar surface area (TPSA) is 171 Å². The number of hydrogen-bond acceptors (Lipinski definition) is 6. The predicted octanol–water partition coefficient (Wildman–Crippen LogP) is -1.82. The highest BCUT2D eigenvalue weighted by Gasteiger charge is 2.32. The van der Waals surface area contributed by atoms with Crippen LogP contribution in [-0.2, 0) is 19.2 Å². The number of carboxylic acid groups (broad SMARTS) is 1. The molecular weight excluding hydrogens is 344 g/mol. The number of aliphatic hydroxyl groups is 1. The third kappa shape index (κ3) is 7.79. The van der Waals surface area contributed by atoms with Crippen molar-refractivity contribution in [1.29, 1.82) is 0 Å². The summed E-state index contributed by atoms with van der Waals surface area (Å²) in [6.45, 7) is 7.54. The van der Waals surface area contributed by atoms with E-state index >= 15 is 0 Å². The van der Waals surface area contributed by atoms with E-state index in [9.17, 15) is 24.3 Å². The van der Waals surface area contributed by atoms with Gasteiger partial charge in [0.2, 0.25) is 17.7 Å². The van der Waals surface area contributed by atoms with Crippen molar-refractivity contribution in [2.75, 3.05) is 6.54 Å². The van der Waals surface area contributed by atoms with Gasteiger partial charge in [0.15, 0.2) is 0 Å². The Balaban J connectivity index is 5.12. The predicted molar refractivity (Wildman–Crippen MR) is 93.8 cm³/mol. The second-order valence-corrected chi connectivity index (χ2v) is 6.84. The lowest BCUT2D eigenvalue weighted by molar-refractivity contribution is -0.139. The molecule has 0 spiro atoms. The average Bonchev–Trinajstić information content (AvgIpc) is 2.53. The first kappa shape index (κ1) is 23.8. The molecule has 3 amide bonds. The van der Waals surface area contributed by atoms with Crippen molar-refractivity contribution in [3.63, 3.8) is 0 Å². The quantitative estimate of drug-likeness (QED) is 0.261. The summed E-state index contributed by atoms with van der Waals surface area (Å²) in [5.74, 6) is -3.78. The van der Waals surface area contributed by atoms with E-state index in [-0.39, 0.29) is 11.8 Å². The highest BCUT2D eigenvalue weighted by molar-refractivity contribution is 5.94. The van der Waals surface area contributed by atoms with E-state index in [2.05, 4.69) is 16.0 Å². The Morgan fingerprint density at radius 3 is 1.73 bits per heavy atom. The number of nitrogens with two attached hydrogens (primary N) is 1. The molecule has 0 aromatic rings. The molecule has 4 atom stereocenters. The van der Waals surface area contributed by atoms with Gasteiger partial charge < -0.3 is 31.9 Å². The lowest BCUT2D eigenvalue weighted by atomic mass is 10.0. The lowest BCUT2D eigenvalue weighted by Crippen LogP contribution is -2.60. The van der Waals surface area contributed by atoms with Crippen LogP contribution in [0.15, 0.2) is 0 Å². The van der Waals surface area contributed by atoms with Crippen molar-refractivity contribution in [3.05, 3.63) is 0 Å². The van der Waals surface area contributed by atoms with E-state index in [0.717, 1.165) is 0 Å². The molecule has 10 heteroatoms. The molecule has 26 heavy (non-hydrogen) atoms. The fourth-order valence-electron chi connectivity index (χ4n) is 2.01. The molecule has 0 saturated carbocycles. The molecule has 0 aliphatic heterocycles. The number of aliphatic hydroxyl groups excluding tert-OH is 1. The molecule has 0 heterocycles. The first-order valence-electron chi connectivity index (χ1n) is 8.42. The maximum atomic E-state index is 12.4. The molecule has 10 nitrogen and oxygen atoms in total. The Kier molecular flexibility index (Phi) is 9.81. The van der Waals surface area contributed by atoms with Crippen LogP contribution in [-0.4, -0.2) is 64.7 Å². The normalized spacial score (nSPS) is 15.7. The summed E-state index contributed by atoms with van der Waals surface area (Å²) in [5.41, 5.74) is 5.73. The van der Waals surface area contributed by atoms with Crippen LogP contribution < -0.4 is 21.7 Å². The summed E-state index contributed by atoms with van der Waals surface area (Å²) in [5, 5.41) is 25.5. The molecule has 0 aliphatic carbocycles. The third-order valence-electron chi connectivity index (χ3n) is 3.74. The molecule has 0 rings (SSSR count). The minimum Gasteiger partial charge on any atom is -0.480 e. The van der Waals surface area contributed by atoms with Crippen molar-refractivity contribution in [3.8, 4) is 0 Å². The van der Waals surface area contributed by atoms with Crippen LogP contribution in [0, 0.1) is 11.8 Å². The summed E-state index contributed by atoms with van der Waals surface area (Å²) in [7, 11) is 0. The highest BCUT2D eigenvalue weighted by atomic mass is 16.4. The number of amides is 3. The largest absolute Gasteiger partial charge is 0.480 e. The van der Waals surface area contributed by atoms with Crippen molar-refractivity contribution < 1.29 is 29.4 Å². The zero-order valence-electron chi connectivity index (χ0n) is 15.8. The minimum absolute atomic E-state index is 0.169. The molecule has 150 valence electrons. The van der Waals surface area contributed by atoms with Crippen molar-refractivity contribution in [2.24, 2.45) is 17.6 Å². The molecule has 7 N–H and O–H groups in total. The second-order valence-electron chi connectivity index (χ2n) is 6.84. The van der Waals surface area contributed by atoms with Gasteiger partial charge in [-0.1, -0.05) is 27.7 Å². The maximum absolute atomic E-state index is 12.4. The van der Waals surface area contributed by atoms with Gasteiger partial charge in [0.1, 0.15) is 18.6 Å². The van der Waals surface area contributed by atoms with E-state index < -0.39 is 54.5 Å². The van der Waals surface area contributed by atoms with Gasteiger partial charge in [0.05, 0.1) is 12.1 Å². The number of aliphatic carboxylic acids is 1. The zero-order chi connectivity index (χ0) is 20.6. The van der Waals surface area contributed by atoms with Gasteiger partial charge in [-0.25, -0.2) is 0 Å². The Labute approximate surface area is 152 Å². The molecule has 0 aromatic carbocycles. The Morgan fingerprint density at radius 1 is 0.846 bits per heavy atom. The monoisotopic (exact) mass is 374 g/mol. The Morgan fingerprint density at radius 2 is 1.35 bits per heavy atom. The number of carbonyl (C=O) groups excluding carboxylic acids is 3. The molecule has 0 radical (unpaired) electrons. The molecular formula is C16H30N4O6. The van der Waals surface area contributed by atoms with Gasteiger partial charge in [0, 0.05) is 0 Å². The van der Waals surface area contributed by atoms with Gasteiger partial charge >= 0.3 is 5.97 Å². The maximum Gasteiger partial charge on any atom is 0.322 e. The summed E-state index contributed by atoms with van der Waals surface area (Å²) < 4.78 is 0. The first-order valence-corrected chi connectivity index (χ1v) is 8.42. The Bertz CT molecular complexity index is 521.